The van der Waals surface area contributed by atoms with Gasteiger partial charge in [-0.3, -0.25) is 0 Å². The lowest BCUT2D eigenvalue weighted by molar-refractivity contribution is -0.137. The van der Waals surface area contributed by atoms with E-state index in [0.29, 0.717) is 21.1 Å². The maximum absolute atomic E-state index is 12.9. The highest BCUT2D eigenvalue weighted by molar-refractivity contribution is 9.28. The number of anilines is 4. The number of ether oxygens (including phenoxy) is 4. The van der Waals surface area contributed by atoms with Crippen LogP contribution in [0.15, 0.2) is 106 Å². The van der Waals surface area contributed by atoms with E-state index in [1.807, 2.05) is 38.4 Å². The third kappa shape index (κ3) is 25.8. The lowest BCUT2D eigenvalue weighted by atomic mass is 10.1. The van der Waals surface area contributed by atoms with Gasteiger partial charge >= 0.3 is 12.4 Å². The normalized spacial score (nSPS) is 10.6. The first kappa shape index (κ1) is 68.8. The van der Waals surface area contributed by atoms with Crippen molar-refractivity contribution in [2.24, 2.45) is 0 Å². The Morgan fingerprint density at radius 2 is 0.694 bits per heavy atom. The Bertz CT molecular complexity index is 2320. The minimum atomic E-state index is -4.49. The summed E-state index contributed by atoms with van der Waals surface area (Å²) in [6.07, 6.45) is -0.572. The van der Waals surface area contributed by atoms with Crippen LogP contribution in [0, 0.1) is 0 Å². The molecule has 0 radical (unpaired) electrons. The Morgan fingerprint density at radius 1 is 0.444 bits per heavy atom. The molecule has 0 saturated carbocycles. The number of alkyl halides is 6. The Balaban J connectivity index is 0.000000481. The van der Waals surface area contributed by atoms with E-state index in [2.05, 4.69) is 169 Å². The Kier molecular flexibility index (Phi) is 33.7. The number of hydrogen-bond acceptors (Lipinski definition) is 8. The summed E-state index contributed by atoms with van der Waals surface area (Å²) in [5, 5.41) is 11.4. The molecule has 72 heavy (non-hydrogen) atoms. The van der Waals surface area contributed by atoms with Crippen molar-refractivity contribution in [1.82, 2.24) is 0 Å². The first-order valence-corrected chi connectivity index (χ1v) is 28.3. The summed E-state index contributed by atoms with van der Waals surface area (Å²) in [6.45, 7) is 5.24. The van der Waals surface area contributed by atoms with Crippen LogP contribution in [0.1, 0.15) is 36.1 Å². The summed E-state index contributed by atoms with van der Waals surface area (Å²) in [5.74, 6) is 1.85. The second kappa shape index (κ2) is 35.3. The predicted molar refractivity (Wildman–Crippen MR) is 317 cm³/mol. The molecule has 26 heteroatoms. The highest BCUT2D eigenvalue weighted by Crippen LogP contribution is 2.43. The summed E-state index contributed by atoms with van der Waals surface area (Å²) in [4.78, 5) is 0. The van der Waals surface area contributed by atoms with Gasteiger partial charge in [0.15, 0.2) is 0 Å². The van der Waals surface area contributed by atoms with Crippen LogP contribution in [0.4, 0.5) is 49.1 Å². The zero-order valence-electron chi connectivity index (χ0n) is 38.6. The van der Waals surface area contributed by atoms with Gasteiger partial charge in [0.05, 0.1) is 40.7 Å². The molecule has 8 nitrogen and oxygen atoms in total. The van der Waals surface area contributed by atoms with Crippen molar-refractivity contribution in [3.05, 3.63) is 129 Å². The minimum Gasteiger partial charge on any atom is -0.489 e. The zero-order chi connectivity index (χ0) is 54.9. The van der Waals surface area contributed by atoms with E-state index in [1.165, 1.54) is 43.4 Å². The molecule has 0 bridgehead atoms. The predicted octanol–water partition coefficient (Wildman–Crippen LogP) is 20.5. The second-order valence-electron chi connectivity index (χ2n) is 13.5. The standard InChI is InChI=1S/C12H14Br3NO.C12H14BrCl2NO.C11H9Br3F3NO.C11H9BrCl2F3NO/c2*1-3-8-6-9(17-5-4-11(14)15)7-10(13)12(8)16-2;2*1-18-10-7(11(15,16)17)4-6(5-8(10)12)19-3-2-9(13)14/h2*4,6-7,16H,3,5H2,1-2H3;2*2,4-5,18H,3H2,1H3. The quantitative estimate of drug-likeness (QED) is 0.0734. The van der Waals surface area contributed by atoms with Crippen molar-refractivity contribution >= 4 is 197 Å². The fraction of sp³-hybridized carbons (Fsp3) is 0.304. The molecule has 0 aromatic heterocycles. The van der Waals surface area contributed by atoms with Gasteiger partial charge in [0, 0.05) is 46.1 Å². The molecule has 400 valence electrons. The lowest BCUT2D eigenvalue weighted by Gasteiger charge is -2.16. The minimum absolute atomic E-state index is 0.0121. The number of rotatable bonds is 18. The van der Waals surface area contributed by atoms with Crippen molar-refractivity contribution in [3.63, 3.8) is 0 Å². The van der Waals surface area contributed by atoms with Gasteiger partial charge in [0.1, 0.15) is 58.4 Å². The van der Waals surface area contributed by atoms with Gasteiger partial charge < -0.3 is 40.2 Å². The molecule has 0 fully saturated rings. The summed E-state index contributed by atoms with van der Waals surface area (Å²) >= 11 is 47.8. The molecule has 4 aromatic carbocycles. The van der Waals surface area contributed by atoms with Gasteiger partial charge in [-0.15, -0.1) is 0 Å². The Hall–Kier alpha value is -1.18. The number of hydrogen-bond donors (Lipinski definition) is 4. The topological polar surface area (TPSA) is 85.0 Å². The maximum atomic E-state index is 12.9. The SMILES string of the molecule is CCc1cc(OCC=C(Br)Br)cc(Br)c1NC.CCc1cc(OCC=C(Cl)Cl)cc(Br)c1NC.CNc1c(Br)cc(OCC=C(Br)Br)cc1C(F)(F)F.CNc1c(Br)cc(OCC=C(Cl)Cl)cc1C(F)(F)F. The van der Waals surface area contributed by atoms with Crippen LogP contribution in [0.3, 0.4) is 0 Å². The van der Waals surface area contributed by atoms with Crippen molar-refractivity contribution in [1.29, 1.82) is 0 Å². The van der Waals surface area contributed by atoms with Crippen LogP contribution in [0.5, 0.6) is 23.0 Å². The van der Waals surface area contributed by atoms with E-state index >= 15 is 0 Å². The molecule has 0 amide bonds. The smallest absolute Gasteiger partial charge is 0.418 e. The molecule has 0 saturated heterocycles. The molecule has 4 rings (SSSR count). The van der Waals surface area contributed by atoms with Crippen molar-refractivity contribution in [2.45, 2.75) is 39.0 Å². The second-order valence-corrected chi connectivity index (χ2v) is 24.4. The van der Waals surface area contributed by atoms with E-state index in [9.17, 15) is 26.3 Å². The van der Waals surface area contributed by atoms with Crippen molar-refractivity contribution in [2.75, 3.05) is 75.9 Å². The molecule has 0 aliphatic rings. The fourth-order valence-electron chi connectivity index (χ4n) is 5.65. The van der Waals surface area contributed by atoms with E-state index in [-0.39, 0.29) is 49.5 Å². The number of benzene rings is 4. The molecule has 4 aromatic rings. The monoisotopic (exact) mass is 1600 g/mol. The average Bonchev–Trinajstić information content (AvgIpc) is 3.28. The number of nitrogens with one attached hydrogen (secondary N) is 4. The Labute approximate surface area is 503 Å². The summed E-state index contributed by atoms with van der Waals surface area (Å²) in [7, 11) is 6.66. The number of halogens is 18. The van der Waals surface area contributed by atoms with Gasteiger partial charge in [-0.2, -0.15) is 26.3 Å². The van der Waals surface area contributed by atoms with Crippen LogP contribution in [0.25, 0.3) is 0 Å². The molecule has 0 aliphatic heterocycles. The van der Waals surface area contributed by atoms with E-state index in [0.717, 1.165) is 60.2 Å². The lowest BCUT2D eigenvalue weighted by Crippen LogP contribution is -2.10. The van der Waals surface area contributed by atoms with Crippen LogP contribution in [-0.4, -0.2) is 54.6 Å². The third-order valence-electron chi connectivity index (χ3n) is 8.74. The van der Waals surface area contributed by atoms with Gasteiger partial charge in [-0.25, -0.2) is 0 Å². The molecular weight excluding hydrogens is 1570 g/mol. The molecule has 0 spiro atoms. The zero-order valence-corrected chi connectivity index (χ0v) is 54.3. The van der Waals surface area contributed by atoms with Crippen molar-refractivity contribution < 1.29 is 45.3 Å². The van der Waals surface area contributed by atoms with Crippen LogP contribution in [-0.2, 0) is 25.2 Å². The molecule has 4 N–H and O–H groups in total. The molecule has 0 unspecified atom stereocenters. The summed E-state index contributed by atoms with van der Waals surface area (Å²) in [6, 6.07) is 12.7. The van der Waals surface area contributed by atoms with E-state index < -0.39 is 23.5 Å². The average molecular weight is 1610 g/mol. The van der Waals surface area contributed by atoms with E-state index in [4.69, 9.17) is 65.4 Å². The fourth-order valence-corrected chi connectivity index (χ4v) is 9.06. The summed E-state index contributed by atoms with van der Waals surface area (Å²) in [5.41, 5.74) is 2.98. The van der Waals surface area contributed by atoms with Gasteiger partial charge in [-0.05, 0) is 224 Å². The highest BCUT2D eigenvalue weighted by Gasteiger charge is 2.36. The van der Waals surface area contributed by atoms with Crippen LogP contribution < -0.4 is 40.2 Å². The van der Waals surface area contributed by atoms with Gasteiger partial charge in [0.2, 0.25) is 0 Å². The third-order valence-corrected chi connectivity index (χ3v) is 13.2. The molecule has 0 atom stereocenters. The van der Waals surface area contributed by atoms with Crippen LogP contribution >= 0.6 is 174 Å². The highest BCUT2D eigenvalue weighted by atomic mass is 79.9. The van der Waals surface area contributed by atoms with Crippen molar-refractivity contribution in [3.8, 4) is 23.0 Å². The van der Waals surface area contributed by atoms with Gasteiger partial charge in [-0.1, -0.05) is 60.3 Å². The molecular formula is C46H46Br8Cl4F6N4O4. The first-order valence-electron chi connectivity index (χ1n) is 20.4. The number of aryl methyl sites for hydroxylation is 2. The summed E-state index contributed by atoms with van der Waals surface area (Å²) < 4.78 is 103. The largest absolute Gasteiger partial charge is 0.489 e. The Morgan fingerprint density at radius 3 is 0.917 bits per heavy atom. The molecule has 0 aliphatic carbocycles. The maximum Gasteiger partial charge on any atom is 0.418 e. The van der Waals surface area contributed by atoms with Gasteiger partial charge in [0.25, 0.3) is 0 Å². The van der Waals surface area contributed by atoms with E-state index in [1.54, 1.807) is 12.2 Å². The first-order chi connectivity index (χ1) is 33.7. The molecule has 0 heterocycles. The van der Waals surface area contributed by atoms with Crippen LogP contribution in [0.2, 0.25) is 0 Å².